The van der Waals surface area contributed by atoms with Gasteiger partial charge in [0.2, 0.25) is 5.91 Å². The number of hydrogen-bond donors (Lipinski definition) is 1. The molecule has 0 radical (unpaired) electrons. The van der Waals surface area contributed by atoms with Gasteiger partial charge in [0.1, 0.15) is 6.61 Å². The third-order valence-corrected chi connectivity index (χ3v) is 5.18. The highest BCUT2D eigenvalue weighted by Crippen LogP contribution is 2.19. The summed E-state index contributed by atoms with van der Waals surface area (Å²) < 4.78 is 39.5. The molecule has 8 nitrogen and oxygen atoms in total. The molecule has 0 fully saturated rings. The summed E-state index contributed by atoms with van der Waals surface area (Å²) in [5.41, 5.74) is 2.58. The van der Waals surface area contributed by atoms with Crippen LogP contribution >= 0.6 is 11.3 Å². The summed E-state index contributed by atoms with van der Waals surface area (Å²) >= 11 is 1.73. The summed E-state index contributed by atoms with van der Waals surface area (Å²) in [6, 6.07) is 4.26. The quantitative estimate of drug-likeness (QED) is 0.709. The van der Waals surface area contributed by atoms with Crippen LogP contribution in [0, 0.1) is 5.92 Å². The number of ether oxygens (including phenoxy) is 1. The van der Waals surface area contributed by atoms with Crippen LogP contribution in [0.2, 0.25) is 0 Å². The van der Waals surface area contributed by atoms with Gasteiger partial charge in [-0.3, -0.25) is 14.4 Å². The Kier molecular flexibility index (Phi) is 9.01. The second-order valence-electron chi connectivity index (χ2n) is 7.28. The number of thiophene rings is 1. The molecule has 0 bridgehead atoms. The van der Waals surface area contributed by atoms with Gasteiger partial charge in [-0.1, -0.05) is 0 Å². The number of aliphatic carboxylic acids is 1. The maximum Gasteiger partial charge on any atom is 0.490 e. The molecule has 3 rings (SSSR count). The molecule has 31 heavy (non-hydrogen) atoms. The number of amides is 1. The molecular formula is C19H25F3N4O4S. The van der Waals surface area contributed by atoms with Crippen LogP contribution in [0.25, 0.3) is 0 Å². The van der Waals surface area contributed by atoms with Crippen molar-refractivity contribution in [1.29, 1.82) is 0 Å². The van der Waals surface area contributed by atoms with Crippen LogP contribution < -0.4 is 0 Å². The smallest absolute Gasteiger partial charge is 0.475 e. The van der Waals surface area contributed by atoms with Crippen molar-refractivity contribution in [2.24, 2.45) is 5.92 Å². The zero-order valence-corrected chi connectivity index (χ0v) is 18.0. The van der Waals surface area contributed by atoms with E-state index in [2.05, 4.69) is 37.6 Å². The molecule has 2 aromatic heterocycles. The summed E-state index contributed by atoms with van der Waals surface area (Å²) in [5, 5.41) is 15.9. The number of hydrogen-bond acceptors (Lipinski definition) is 6. The number of alkyl halides is 3. The first-order chi connectivity index (χ1) is 14.6. The summed E-state index contributed by atoms with van der Waals surface area (Å²) in [6.45, 7) is 4.30. The predicted molar refractivity (Wildman–Crippen MR) is 107 cm³/mol. The third-order valence-electron chi connectivity index (χ3n) is 4.44. The monoisotopic (exact) mass is 462 g/mol. The lowest BCUT2D eigenvalue weighted by atomic mass is 10.1. The van der Waals surface area contributed by atoms with Crippen LogP contribution in [0.5, 0.6) is 0 Å². The Hall–Kier alpha value is -2.44. The average molecular weight is 462 g/mol. The fourth-order valence-electron chi connectivity index (χ4n) is 2.93. The van der Waals surface area contributed by atoms with Crippen LogP contribution in [-0.4, -0.2) is 76.6 Å². The molecule has 1 unspecified atom stereocenters. The number of carbonyl (C=O) groups excluding carboxylic acids is 1. The number of likely N-dealkylation sites (N-methyl/N-ethyl adjacent to an activating group) is 1. The summed E-state index contributed by atoms with van der Waals surface area (Å²) in [5.74, 6) is -2.44. The predicted octanol–water partition coefficient (Wildman–Crippen LogP) is 2.31. The molecule has 1 aliphatic heterocycles. The molecule has 0 saturated carbocycles. The van der Waals surface area contributed by atoms with Gasteiger partial charge in [0.05, 0.1) is 12.3 Å². The number of rotatable bonds is 6. The normalized spacial score (nSPS) is 16.6. The van der Waals surface area contributed by atoms with Crippen molar-refractivity contribution >= 4 is 23.2 Å². The van der Waals surface area contributed by atoms with E-state index in [1.807, 2.05) is 6.20 Å². The SMILES string of the molecule is CN(C)C(=O)COCC1CN(Cc2ccsc2)Cc2ccnn2C1.O=C(O)C(F)(F)F. The molecule has 1 N–H and O–H groups in total. The minimum atomic E-state index is -5.08. The number of carboxylic acid groups (broad SMARTS) is 1. The molecular weight excluding hydrogens is 437 g/mol. The molecule has 0 saturated heterocycles. The highest BCUT2D eigenvalue weighted by Gasteiger charge is 2.38. The van der Waals surface area contributed by atoms with Crippen molar-refractivity contribution in [3.05, 3.63) is 40.3 Å². The van der Waals surface area contributed by atoms with Gasteiger partial charge in [-0.2, -0.15) is 29.6 Å². The van der Waals surface area contributed by atoms with Crippen molar-refractivity contribution in [3.8, 4) is 0 Å². The van der Waals surface area contributed by atoms with E-state index in [9.17, 15) is 18.0 Å². The Labute approximate surface area is 181 Å². The zero-order chi connectivity index (χ0) is 23.0. The van der Waals surface area contributed by atoms with Crippen LogP contribution in [0.15, 0.2) is 29.1 Å². The Balaban J connectivity index is 0.000000423. The second-order valence-corrected chi connectivity index (χ2v) is 8.06. The van der Waals surface area contributed by atoms with E-state index in [0.29, 0.717) is 12.5 Å². The first-order valence-electron chi connectivity index (χ1n) is 9.38. The van der Waals surface area contributed by atoms with E-state index < -0.39 is 12.1 Å². The highest BCUT2D eigenvalue weighted by atomic mass is 32.1. The molecule has 12 heteroatoms. The van der Waals surface area contributed by atoms with Crippen LogP contribution in [-0.2, 0) is 34.0 Å². The maximum absolute atomic E-state index is 11.7. The van der Waals surface area contributed by atoms with Crippen LogP contribution in [0.1, 0.15) is 11.3 Å². The number of carboxylic acids is 1. The van der Waals surface area contributed by atoms with E-state index in [1.54, 1.807) is 30.3 Å². The van der Waals surface area contributed by atoms with E-state index in [4.69, 9.17) is 14.6 Å². The first-order valence-corrected chi connectivity index (χ1v) is 10.3. The molecule has 2 aromatic rings. The van der Waals surface area contributed by atoms with Crippen molar-refractivity contribution in [2.45, 2.75) is 25.8 Å². The van der Waals surface area contributed by atoms with Crippen molar-refractivity contribution in [2.75, 3.05) is 33.9 Å². The van der Waals surface area contributed by atoms with Gasteiger partial charge in [0.25, 0.3) is 0 Å². The molecule has 0 aliphatic carbocycles. The number of carbonyl (C=O) groups is 2. The summed E-state index contributed by atoms with van der Waals surface area (Å²) in [4.78, 5) is 24.5. The molecule has 1 amide bonds. The minimum Gasteiger partial charge on any atom is -0.475 e. The average Bonchev–Trinajstić information content (AvgIpc) is 3.30. The highest BCUT2D eigenvalue weighted by molar-refractivity contribution is 7.07. The Morgan fingerprint density at radius 1 is 1.32 bits per heavy atom. The fourth-order valence-corrected chi connectivity index (χ4v) is 3.59. The third kappa shape index (κ3) is 8.31. The Morgan fingerprint density at radius 2 is 2.03 bits per heavy atom. The van der Waals surface area contributed by atoms with Crippen molar-refractivity contribution < 1.29 is 32.6 Å². The molecule has 0 aromatic carbocycles. The molecule has 3 heterocycles. The van der Waals surface area contributed by atoms with Gasteiger partial charge in [0.15, 0.2) is 0 Å². The standard InChI is InChI=1S/C17H24N4O2S.C2HF3O2/c1-19(2)17(22)12-23-11-15-8-20(7-14-4-6-24-13-14)10-16-3-5-18-21(16)9-15;3-2(4,5)1(6)7/h3-6,13,15H,7-12H2,1-2H3;(H,6,7). The van der Waals surface area contributed by atoms with Crippen LogP contribution in [0.4, 0.5) is 13.2 Å². The number of fused-ring (bicyclic) bond motifs is 1. The lowest BCUT2D eigenvalue weighted by Gasteiger charge is -2.23. The maximum atomic E-state index is 11.7. The first kappa shape index (κ1) is 24.8. The fraction of sp³-hybridized carbons (Fsp3) is 0.526. The zero-order valence-electron chi connectivity index (χ0n) is 17.2. The van der Waals surface area contributed by atoms with E-state index >= 15 is 0 Å². The number of aromatic nitrogens is 2. The summed E-state index contributed by atoms with van der Waals surface area (Å²) in [6.07, 6.45) is -3.23. The topological polar surface area (TPSA) is 87.9 Å². The number of halogens is 3. The molecule has 172 valence electrons. The van der Waals surface area contributed by atoms with Crippen molar-refractivity contribution in [3.63, 3.8) is 0 Å². The lowest BCUT2D eigenvalue weighted by Crippen LogP contribution is -2.32. The molecule has 0 spiro atoms. The Morgan fingerprint density at radius 3 is 2.61 bits per heavy atom. The van der Waals surface area contributed by atoms with E-state index in [0.717, 1.165) is 26.2 Å². The molecule has 1 atom stereocenters. The van der Waals surface area contributed by atoms with E-state index in [-0.39, 0.29) is 12.5 Å². The Bertz CT molecular complexity index is 840. The van der Waals surface area contributed by atoms with Gasteiger partial charge in [-0.15, -0.1) is 0 Å². The molecule has 1 aliphatic rings. The largest absolute Gasteiger partial charge is 0.490 e. The number of nitrogens with zero attached hydrogens (tertiary/aromatic N) is 4. The van der Waals surface area contributed by atoms with Gasteiger partial charge in [-0.25, -0.2) is 4.79 Å². The van der Waals surface area contributed by atoms with Gasteiger partial charge in [-0.05, 0) is 28.5 Å². The van der Waals surface area contributed by atoms with Gasteiger partial charge < -0.3 is 14.7 Å². The second kappa shape index (κ2) is 11.3. The summed E-state index contributed by atoms with van der Waals surface area (Å²) in [7, 11) is 3.49. The minimum absolute atomic E-state index is 0.00136. The van der Waals surface area contributed by atoms with E-state index in [1.165, 1.54) is 11.3 Å². The van der Waals surface area contributed by atoms with Crippen LogP contribution in [0.3, 0.4) is 0 Å². The van der Waals surface area contributed by atoms with Gasteiger partial charge >= 0.3 is 12.1 Å². The lowest BCUT2D eigenvalue weighted by molar-refractivity contribution is -0.192. The van der Waals surface area contributed by atoms with Crippen molar-refractivity contribution in [1.82, 2.24) is 19.6 Å². The van der Waals surface area contributed by atoms with Gasteiger partial charge in [0, 0.05) is 52.4 Å².